The monoisotopic (exact) mass is 236 g/mol. The van der Waals surface area contributed by atoms with Gasteiger partial charge in [0.2, 0.25) is 0 Å². The maximum atomic E-state index is 12.4. The SMILES string of the molecule is CCOC(CC)(C(F)(F)F)P(=O)(O)O. The number of hydrogen-bond donors (Lipinski definition) is 2. The first-order valence-corrected chi connectivity index (χ1v) is 5.50. The Labute approximate surface area is 79.2 Å². The lowest BCUT2D eigenvalue weighted by Crippen LogP contribution is -2.46. The van der Waals surface area contributed by atoms with Gasteiger partial charge in [0.05, 0.1) is 0 Å². The Morgan fingerprint density at radius 3 is 1.79 bits per heavy atom. The standard InChI is InChI=1S/C6H12F3O4P/c1-3-5(13-4-2,6(7,8)9)14(10,11)12/h3-4H2,1-2H3,(H2,10,11,12). The summed E-state index contributed by atoms with van der Waals surface area (Å²) >= 11 is 0. The normalized spacial score (nSPS) is 17.9. The van der Waals surface area contributed by atoms with Crippen LogP contribution in [0, 0.1) is 0 Å². The zero-order chi connectivity index (χ0) is 11.6. The summed E-state index contributed by atoms with van der Waals surface area (Å²) in [7, 11) is -5.39. The molecule has 1 unspecified atom stereocenters. The Bertz CT molecular complexity index is 236. The van der Waals surface area contributed by atoms with Crippen molar-refractivity contribution in [3.8, 4) is 0 Å². The van der Waals surface area contributed by atoms with E-state index in [1.807, 2.05) is 0 Å². The third-order valence-corrected chi connectivity index (χ3v) is 3.42. The van der Waals surface area contributed by atoms with E-state index in [0.29, 0.717) is 0 Å². The van der Waals surface area contributed by atoms with Crippen LogP contribution in [-0.4, -0.2) is 27.9 Å². The molecule has 0 saturated carbocycles. The van der Waals surface area contributed by atoms with Gasteiger partial charge in [-0.1, -0.05) is 6.92 Å². The highest BCUT2D eigenvalue weighted by Gasteiger charge is 2.66. The molecule has 14 heavy (non-hydrogen) atoms. The first-order valence-electron chi connectivity index (χ1n) is 3.88. The minimum Gasteiger partial charge on any atom is -0.355 e. The molecule has 0 amide bonds. The molecule has 0 aromatic rings. The third kappa shape index (κ3) is 2.28. The first-order chi connectivity index (χ1) is 6.12. The summed E-state index contributed by atoms with van der Waals surface area (Å²) in [6.07, 6.45) is -5.91. The summed E-state index contributed by atoms with van der Waals surface area (Å²) in [5.74, 6) is 0. The lowest BCUT2D eigenvalue weighted by Gasteiger charge is -2.34. The van der Waals surface area contributed by atoms with Crippen LogP contribution in [-0.2, 0) is 9.30 Å². The molecule has 0 aliphatic carbocycles. The van der Waals surface area contributed by atoms with Crippen LogP contribution in [0.2, 0.25) is 0 Å². The molecule has 0 heterocycles. The molecule has 0 fully saturated rings. The molecular formula is C6H12F3O4P. The topological polar surface area (TPSA) is 66.8 Å². The van der Waals surface area contributed by atoms with Gasteiger partial charge in [-0.15, -0.1) is 0 Å². The summed E-state index contributed by atoms with van der Waals surface area (Å²) in [6, 6.07) is 0. The quantitative estimate of drug-likeness (QED) is 0.731. The number of alkyl halides is 3. The Morgan fingerprint density at radius 2 is 1.71 bits per heavy atom. The fourth-order valence-corrected chi connectivity index (χ4v) is 2.12. The molecule has 1 atom stereocenters. The molecule has 0 aromatic carbocycles. The lowest BCUT2D eigenvalue weighted by molar-refractivity contribution is -0.247. The summed E-state index contributed by atoms with van der Waals surface area (Å²) in [5, 5.41) is -3.37. The first kappa shape index (κ1) is 13.9. The molecule has 4 nitrogen and oxygen atoms in total. The molecule has 0 saturated heterocycles. The largest absolute Gasteiger partial charge is 0.429 e. The van der Waals surface area contributed by atoms with E-state index < -0.39 is 32.1 Å². The van der Waals surface area contributed by atoms with Crippen molar-refractivity contribution in [2.45, 2.75) is 31.8 Å². The van der Waals surface area contributed by atoms with Gasteiger partial charge in [0, 0.05) is 6.61 Å². The van der Waals surface area contributed by atoms with Crippen molar-refractivity contribution in [1.82, 2.24) is 0 Å². The fraction of sp³-hybridized carbons (Fsp3) is 1.00. The molecule has 0 bridgehead atoms. The van der Waals surface area contributed by atoms with Crippen LogP contribution in [0.3, 0.4) is 0 Å². The Kier molecular flexibility index (Phi) is 4.15. The second-order valence-electron chi connectivity index (χ2n) is 2.61. The van der Waals surface area contributed by atoms with Crippen molar-refractivity contribution in [1.29, 1.82) is 0 Å². The number of hydrogen-bond acceptors (Lipinski definition) is 2. The van der Waals surface area contributed by atoms with Crippen molar-refractivity contribution in [3.05, 3.63) is 0 Å². The van der Waals surface area contributed by atoms with Gasteiger partial charge in [-0.25, -0.2) is 0 Å². The molecule has 0 rings (SSSR count). The van der Waals surface area contributed by atoms with Gasteiger partial charge < -0.3 is 14.5 Å². The zero-order valence-electron chi connectivity index (χ0n) is 7.71. The van der Waals surface area contributed by atoms with Crippen molar-refractivity contribution in [3.63, 3.8) is 0 Å². The van der Waals surface area contributed by atoms with E-state index in [9.17, 15) is 17.7 Å². The van der Waals surface area contributed by atoms with Crippen LogP contribution in [0.25, 0.3) is 0 Å². The second-order valence-corrected chi connectivity index (χ2v) is 4.42. The Morgan fingerprint density at radius 1 is 1.29 bits per heavy atom. The summed E-state index contributed by atoms with van der Waals surface area (Å²) < 4.78 is 52.3. The van der Waals surface area contributed by atoms with Gasteiger partial charge in [-0.3, -0.25) is 4.57 Å². The molecule has 0 aliphatic rings. The van der Waals surface area contributed by atoms with Crippen LogP contribution in [0.1, 0.15) is 20.3 Å². The lowest BCUT2D eigenvalue weighted by atomic mass is 10.2. The van der Waals surface area contributed by atoms with E-state index in [1.165, 1.54) is 6.92 Å². The summed E-state index contributed by atoms with van der Waals surface area (Å²) in [5.41, 5.74) is 0. The molecule has 8 heteroatoms. The van der Waals surface area contributed by atoms with Gasteiger partial charge >= 0.3 is 13.8 Å². The van der Waals surface area contributed by atoms with Gasteiger partial charge in [0.25, 0.3) is 5.34 Å². The van der Waals surface area contributed by atoms with Crippen molar-refractivity contribution in [2.24, 2.45) is 0 Å². The Balaban J connectivity index is 5.33. The molecule has 0 spiro atoms. The fourth-order valence-electron chi connectivity index (χ4n) is 1.08. The van der Waals surface area contributed by atoms with Gasteiger partial charge in [-0.05, 0) is 13.3 Å². The van der Waals surface area contributed by atoms with Gasteiger partial charge in [-0.2, -0.15) is 13.2 Å². The predicted molar refractivity (Wildman–Crippen MR) is 42.7 cm³/mol. The maximum absolute atomic E-state index is 12.4. The zero-order valence-corrected chi connectivity index (χ0v) is 8.60. The van der Waals surface area contributed by atoms with E-state index in [2.05, 4.69) is 4.74 Å². The molecule has 2 N–H and O–H groups in total. The smallest absolute Gasteiger partial charge is 0.355 e. The van der Waals surface area contributed by atoms with Gasteiger partial charge in [0.1, 0.15) is 0 Å². The van der Waals surface area contributed by atoms with Crippen molar-refractivity contribution < 1.29 is 32.3 Å². The number of halogens is 3. The molecule has 0 aliphatic heterocycles. The van der Waals surface area contributed by atoms with Crippen LogP contribution < -0.4 is 0 Å². The van der Waals surface area contributed by atoms with E-state index in [-0.39, 0.29) is 0 Å². The molecule has 86 valence electrons. The predicted octanol–water partition coefficient (Wildman–Crippen LogP) is 1.87. The average Bonchev–Trinajstić information content (AvgIpc) is 1.94. The van der Waals surface area contributed by atoms with E-state index in [0.717, 1.165) is 6.92 Å². The van der Waals surface area contributed by atoms with Gasteiger partial charge in [0.15, 0.2) is 0 Å². The Hall–Kier alpha value is -0.100. The highest BCUT2D eigenvalue weighted by molar-refractivity contribution is 7.53. The highest BCUT2D eigenvalue weighted by Crippen LogP contribution is 2.60. The average molecular weight is 236 g/mol. The van der Waals surface area contributed by atoms with Crippen LogP contribution in [0.5, 0.6) is 0 Å². The van der Waals surface area contributed by atoms with Crippen LogP contribution >= 0.6 is 7.60 Å². The minimum atomic E-state index is -5.39. The molecule has 0 radical (unpaired) electrons. The van der Waals surface area contributed by atoms with E-state index in [4.69, 9.17) is 9.79 Å². The van der Waals surface area contributed by atoms with Crippen LogP contribution in [0.4, 0.5) is 13.2 Å². The van der Waals surface area contributed by atoms with Crippen molar-refractivity contribution in [2.75, 3.05) is 6.61 Å². The summed E-state index contributed by atoms with van der Waals surface area (Å²) in [4.78, 5) is 17.3. The van der Waals surface area contributed by atoms with Crippen molar-refractivity contribution >= 4 is 7.60 Å². The number of rotatable bonds is 4. The van der Waals surface area contributed by atoms with E-state index in [1.54, 1.807) is 0 Å². The second kappa shape index (κ2) is 4.18. The highest BCUT2D eigenvalue weighted by atomic mass is 31.2. The van der Waals surface area contributed by atoms with E-state index >= 15 is 0 Å². The maximum Gasteiger partial charge on any atom is 0.429 e. The summed E-state index contributed by atoms with van der Waals surface area (Å²) in [6.45, 7) is 1.84. The minimum absolute atomic E-state index is 0.418. The molecule has 0 aromatic heterocycles. The number of ether oxygens (including phenoxy) is 1. The van der Waals surface area contributed by atoms with Crippen LogP contribution in [0.15, 0.2) is 0 Å². The molecular weight excluding hydrogens is 224 g/mol. The third-order valence-electron chi connectivity index (χ3n) is 1.78.